The molecule has 0 aliphatic rings. The first kappa shape index (κ1) is 11.7. The predicted octanol–water partition coefficient (Wildman–Crippen LogP) is 0.101. The number of ether oxygens (including phenoxy) is 3. The topological polar surface area (TPSA) is 79.5 Å². The molecule has 84 valence electrons. The van der Waals surface area contributed by atoms with Gasteiger partial charge in [-0.15, -0.1) is 0 Å². The molecule has 0 aliphatic carbocycles. The minimum atomic E-state index is 0.269. The first-order valence-electron chi connectivity index (χ1n) is 4.61. The summed E-state index contributed by atoms with van der Waals surface area (Å²) in [7, 11) is 1.63. The summed E-state index contributed by atoms with van der Waals surface area (Å²) in [5.74, 6) is 0.389. The Morgan fingerprint density at radius 3 is 2.80 bits per heavy atom. The molecule has 1 rings (SSSR count). The highest BCUT2D eigenvalue weighted by Crippen LogP contribution is 2.02. The molecular formula is C9H15N3O3. The van der Waals surface area contributed by atoms with Gasteiger partial charge in [-0.2, -0.15) is 4.98 Å². The fourth-order valence-corrected chi connectivity index (χ4v) is 0.860. The summed E-state index contributed by atoms with van der Waals surface area (Å²) < 4.78 is 15.2. The van der Waals surface area contributed by atoms with Crippen LogP contribution in [0.15, 0.2) is 12.3 Å². The minimum Gasteiger partial charge on any atom is -0.461 e. The van der Waals surface area contributed by atoms with E-state index < -0.39 is 0 Å². The second-order valence-electron chi connectivity index (χ2n) is 2.72. The van der Waals surface area contributed by atoms with Crippen LogP contribution >= 0.6 is 0 Å². The van der Waals surface area contributed by atoms with Crippen molar-refractivity contribution in [2.75, 3.05) is 39.3 Å². The lowest BCUT2D eigenvalue weighted by Gasteiger charge is -2.05. The smallest absolute Gasteiger partial charge is 0.318 e. The summed E-state index contributed by atoms with van der Waals surface area (Å²) in [6.45, 7) is 2.00. The van der Waals surface area contributed by atoms with Gasteiger partial charge in [0.05, 0.1) is 19.8 Å². The van der Waals surface area contributed by atoms with E-state index in [1.807, 2.05) is 0 Å². The van der Waals surface area contributed by atoms with Gasteiger partial charge in [0.15, 0.2) is 0 Å². The molecule has 0 radical (unpaired) electrons. The van der Waals surface area contributed by atoms with Crippen molar-refractivity contribution in [3.8, 4) is 6.01 Å². The predicted molar refractivity (Wildman–Crippen MR) is 54.6 cm³/mol. The van der Waals surface area contributed by atoms with E-state index in [4.69, 9.17) is 19.9 Å². The third-order valence-electron chi connectivity index (χ3n) is 1.55. The highest BCUT2D eigenvalue weighted by molar-refractivity contribution is 5.26. The summed E-state index contributed by atoms with van der Waals surface area (Å²) in [5.41, 5.74) is 5.45. The molecule has 0 spiro atoms. The number of nitrogen functional groups attached to an aromatic ring is 1. The van der Waals surface area contributed by atoms with Crippen molar-refractivity contribution in [2.45, 2.75) is 0 Å². The van der Waals surface area contributed by atoms with Crippen LogP contribution in [0.2, 0.25) is 0 Å². The average molecular weight is 213 g/mol. The van der Waals surface area contributed by atoms with Gasteiger partial charge in [0.2, 0.25) is 0 Å². The second-order valence-corrected chi connectivity index (χ2v) is 2.72. The molecule has 0 aromatic carbocycles. The molecule has 1 aromatic heterocycles. The summed E-state index contributed by atoms with van der Waals surface area (Å²) >= 11 is 0. The van der Waals surface area contributed by atoms with Gasteiger partial charge in [-0.1, -0.05) is 0 Å². The van der Waals surface area contributed by atoms with Crippen molar-refractivity contribution in [3.05, 3.63) is 12.3 Å². The Bertz CT molecular complexity index is 283. The Labute approximate surface area is 88.4 Å². The Hall–Kier alpha value is -1.40. The van der Waals surface area contributed by atoms with E-state index in [-0.39, 0.29) is 6.01 Å². The summed E-state index contributed by atoms with van der Waals surface area (Å²) in [4.78, 5) is 7.75. The van der Waals surface area contributed by atoms with E-state index in [0.29, 0.717) is 32.2 Å². The highest BCUT2D eigenvalue weighted by atomic mass is 16.5. The monoisotopic (exact) mass is 213 g/mol. The number of hydrogen-bond donors (Lipinski definition) is 1. The molecule has 6 heteroatoms. The van der Waals surface area contributed by atoms with Crippen LogP contribution < -0.4 is 10.5 Å². The zero-order chi connectivity index (χ0) is 10.9. The normalized spacial score (nSPS) is 10.2. The average Bonchev–Trinajstić information content (AvgIpc) is 2.23. The van der Waals surface area contributed by atoms with Crippen LogP contribution in [0.3, 0.4) is 0 Å². The van der Waals surface area contributed by atoms with Crippen LogP contribution in [0.1, 0.15) is 0 Å². The van der Waals surface area contributed by atoms with Crippen molar-refractivity contribution in [1.82, 2.24) is 9.97 Å². The van der Waals surface area contributed by atoms with Gasteiger partial charge in [-0.25, -0.2) is 4.98 Å². The zero-order valence-corrected chi connectivity index (χ0v) is 8.68. The van der Waals surface area contributed by atoms with Crippen molar-refractivity contribution in [3.63, 3.8) is 0 Å². The molecule has 0 atom stereocenters. The Morgan fingerprint density at radius 1 is 1.27 bits per heavy atom. The standard InChI is InChI=1S/C9H15N3O3/c1-13-4-5-14-6-7-15-9-11-3-2-8(10)12-9/h2-3H,4-7H2,1H3,(H2,10,11,12). The fraction of sp³-hybridized carbons (Fsp3) is 0.556. The van der Waals surface area contributed by atoms with E-state index in [1.165, 1.54) is 0 Å². The van der Waals surface area contributed by atoms with Crippen LogP contribution in [0.4, 0.5) is 5.82 Å². The van der Waals surface area contributed by atoms with Gasteiger partial charge < -0.3 is 19.9 Å². The van der Waals surface area contributed by atoms with Gasteiger partial charge in [0.25, 0.3) is 0 Å². The molecular weight excluding hydrogens is 198 g/mol. The van der Waals surface area contributed by atoms with Gasteiger partial charge in [-0.3, -0.25) is 0 Å². The van der Waals surface area contributed by atoms with Crippen molar-refractivity contribution in [2.24, 2.45) is 0 Å². The molecule has 1 aromatic rings. The minimum absolute atomic E-state index is 0.269. The first-order chi connectivity index (χ1) is 7.33. The van der Waals surface area contributed by atoms with E-state index in [1.54, 1.807) is 19.4 Å². The van der Waals surface area contributed by atoms with Crippen LogP contribution in [0.5, 0.6) is 6.01 Å². The molecule has 0 saturated carbocycles. The molecule has 0 unspecified atom stereocenters. The lowest BCUT2D eigenvalue weighted by atomic mass is 10.6. The largest absolute Gasteiger partial charge is 0.461 e. The van der Waals surface area contributed by atoms with Crippen LogP contribution in [-0.2, 0) is 9.47 Å². The number of anilines is 1. The van der Waals surface area contributed by atoms with Gasteiger partial charge >= 0.3 is 6.01 Å². The summed E-state index contributed by atoms with van der Waals surface area (Å²) in [6, 6.07) is 1.87. The Kier molecular flexibility index (Phi) is 5.42. The van der Waals surface area contributed by atoms with Crippen LogP contribution in [-0.4, -0.2) is 43.5 Å². The maximum atomic E-state index is 5.45. The zero-order valence-electron chi connectivity index (χ0n) is 8.68. The van der Waals surface area contributed by atoms with Crippen molar-refractivity contribution in [1.29, 1.82) is 0 Å². The first-order valence-corrected chi connectivity index (χ1v) is 4.61. The quantitative estimate of drug-likeness (QED) is 0.647. The molecule has 15 heavy (non-hydrogen) atoms. The number of nitrogens with zero attached hydrogens (tertiary/aromatic N) is 2. The lowest BCUT2D eigenvalue weighted by Crippen LogP contribution is -2.11. The molecule has 0 bridgehead atoms. The van der Waals surface area contributed by atoms with Crippen molar-refractivity contribution >= 4 is 5.82 Å². The summed E-state index contributed by atoms with van der Waals surface area (Å²) in [6.07, 6.45) is 1.55. The third-order valence-corrected chi connectivity index (χ3v) is 1.55. The number of rotatable bonds is 7. The third kappa shape index (κ3) is 5.14. The molecule has 0 fully saturated rings. The maximum absolute atomic E-state index is 5.45. The van der Waals surface area contributed by atoms with Crippen LogP contribution in [0.25, 0.3) is 0 Å². The van der Waals surface area contributed by atoms with E-state index in [0.717, 1.165) is 0 Å². The molecule has 0 aliphatic heterocycles. The molecule has 1 heterocycles. The van der Waals surface area contributed by atoms with Gasteiger partial charge in [0, 0.05) is 13.3 Å². The maximum Gasteiger partial charge on any atom is 0.318 e. The molecule has 0 amide bonds. The highest BCUT2D eigenvalue weighted by Gasteiger charge is 1.97. The number of hydrogen-bond acceptors (Lipinski definition) is 6. The van der Waals surface area contributed by atoms with E-state index >= 15 is 0 Å². The molecule has 6 nitrogen and oxygen atoms in total. The fourth-order valence-electron chi connectivity index (χ4n) is 0.860. The molecule has 0 saturated heterocycles. The van der Waals surface area contributed by atoms with Gasteiger partial charge in [-0.05, 0) is 6.07 Å². The summed E-state index contributed by atoms with van der Waals surface area (Å²) in [5, 5.41) is 0. The van der Waals surface area contributed by atoms with E-state index in [2.05, 4.69) is 9.97 Å². The number of methoxy groups -OCH3 is 1. The lowest BCUT2D eigenvalue weighted by molar-refractivity contribution is 0.0528. The number of nitrogens with two attached hydrogens (primary N) is 1. The van der Waals surface area contributed by atoms with Gasteiger partial charge in [0.1, 0.15) is 12.4 Å². The SMILES string of the molecule is COCCOCCOc1nccc(N)n1. The van der Waals surface area contributed by atoms with Crippen LogP contribution in [0, 0.1) is 0 Å². The number of aromatic nitrogens is 2. The Morgan fingerprint density at radius 2 is 2.07 bits per heavy atom. The Balaban J connectivity index is 2.10. The molecule has 2 N–H and O–H groups in total. The van der Waals surface area contributed by atoms with E-state index in [9.17, 15) is 0 Å². The van der Waals surface area contributed by atoms with Crippen molar-refractivity contribution < 1.29 is 14.2 Å². The second kappa shape index (κ2) is 6.97.